The fourth-order valence-electron chi connectivity index (χ4n) is 2.11. The molecule has 0 aromatic heterocycles. The van der Waals surface area contributed by atoms with E-state index >= 15 is 0 Å². The van der Waals surface area contributed by atoms with Gasteiger partial charge < -0.3 is 10.6 Å². The molecule has 0 unspecified atom stereocenters. The van der Waals surface area contributed by atoms with Gasteiger partial charge in [0, 0.05) is 24.8 Å². The van der Waals surface area contributed by atoms with Gasteiger partial charge in [-0.2, -0.15) is 0 Å². The predicted molar refractivity (Wildman–Crippen MR) is 85.6 cm³/mol. The van der Waals surface area contributed by atoms with Gasteiger partial charge in [-0.1, -0.05) is 42.5 Å². The molecule has 2 N–H and O–H groups in total. The van der Waals surface area contributed by atoms with Crippen molar-refractivity contribution in [1.82, 2.24) is 0 Å². The monoisotopic (exact) mass is 270 g/mol. The summed E-state index contributed by atoms with van der Waals surface area (Å²) in [6, 6.07) is 16.6. The van der Waals surface area contributed by atoms with Gasteiger partial charge in [0.2, 0.25) is 0 Å². The third kappa shape index (κ3) is 3.32. The molecule has 0 amide bonds. The summed E-state index contributed by atoms with van der Waals surface area (Å²) < 4.78 is 0. The van der Waals surface area contributed by atoms with E-state index in [4.69, 9.17) is 18.0 Å². The molecule has 0 fully saturated rings. The number of hydrogen-bond acceptors (Lipinski definition) is 2. The summed E-state index contributed by atoms with van der Waals surface area (Å²) in [5.74, 6) is 0. The lowest BCUT2D eigenvalue weighted by atomic mass is 10.1. The van der Waals surface area contributed by atoms with Crippen LogP contribution in [0.2, 0.25) is 0 Å². The normalized spacial score (nSPS) is 10.2. The van der Waals surface area contributed by atoms with Gasteiger partial charge in [0.25, 0.3) is 0 Å². The topological polar surface area (TPSA) is 29.3 Å². The highest BCUT2D eigenvalue weighted by Gasteiger charge is 2.06. The number of nitrogens with zero attached hydrogens (tertiary/aromatic N) is 1. The second kappa shape index (κ2) is 5.85. The van der Waals surface area contributed by atoms with E-state index in [1.807, 2.05) is 19.1 Å². The Balaban J connectivity index is 2.18. The average Bonchev–Trinajstić information content (AvgIpc) is 2.39. The van der Waals surface area contributed by atoms with E-state index in [9.17, 15) is 0 Å². The van der Waals surface area contributed by atoms with Crippen LogP contribution in [0.4, 0.5) is 5.69 Å². The van der Waals surface area contributed by atoms with Crippen molar-refractivity contribution in [3.63, 3.8) is 0 Å². The maximum absolute atomic E-state index is 5.68. The number of rotatable bonds is 4. The van der Waals surface area contributed by atoms with Crippen molar-refractivity contribution in [2.45, 2.75) is 13.5 Å². The molecule has 0 radical (unpaired) electrons. The van der Waals surface area contributed by atoms with E-state index in [1.54, 1.807) is 0 Å². The Bertz CT molecular complexity index is 579. The van der Waals surface area contributed by atoms with E-state index in [0.29, 0.717) is 4.99 Å². The van der Waals surface area contributed by atoms with Crippen LogP contribution < -0.4 is 10.6 Å². The van der Waals surface area contributed by atoms with Gasteiger partial charge in [0.15, 0.2) is 0 Å². The third-order valence-electron chi connectivity index (χ3n) is 3.18. The summed E-state index contributed by atoms with van der Waals surface area (Å²) in [6.07, 6.45) is 0. The molecule has 0 atom stereocenters. The largest absolute Gasteiger partial charge is 0.389 e. The number of anilines is 1. The summed E-state index contributed by atoms with van der Waals surface area (Å²) >= 11 is 5.03. The third-order valence-corrected chi connectivity index (χ3v) is 3.40. The van der Waals surface area contributed by atoms with Crippen molar-refractivity contribution in [1.29, 1.82) is 0 Å². The molecule has 0 aliphatic rings. The number of benzene rings is 2. The van der Waals surface area contributed by atoms with Gasteiger partial charge in [0.05, 0.1) is 0 Å². The minimum atomic E-state index is 0.453. The van der Waals surface area contributed by atoms with Gasteiger partial charge in [-0.15, -0.1) is 0 Å². The van der Waals surface area contributed by atoms with Crippen LogP contribution in [0.15, 0.2) is 48.5 Å². The lowest BCUT2D eigenvalue weighted by molar-refractivity contribution is 0.922. The highest BCUT2D eigenvalue weighted by molar-refractivity contribution is 7.80. The number of nitrogens with two attached hydrogens (primary N) is 1. The van der Waals surface area contributed by atoms with E-state index in [0.717, 1.165) is 17.7 Å². The molecule has 0 aliphatic carbocycles. The molecule has 19 heavy (non-hydrogen) atoms. The van der Waals surface area contributed by atoms with Gasteiger partial charge >= 0.3 is 0 Å². The minimum absolute atomic E-state index is 0.453. The summed E-state index contributed by atoms with van der Waals surface area (Å²) in [4.78, 5) is 2.67. The smallest absolute Gasteiger partial charge is 0.104 e. The lowest BCUT2D eigenvalue weighted by Gasteiger charge is -2.20. The van der Waals surface area contributed by atoms with Crippen molar-refractivity contribution >= 4 is 22.9 Å². The molecule has 0 saturated carbocycles. The van der Waals surface area contributed by atoms with E-state index < -0.39 is 0 Å². The van der Waals surface area contributed by atoms with Crippen molar-refractivity contribution in [2.75, 3.05) is 11.9 Å². The molecule has 0 bridgehead atoms. The van der Waals surface area contributed by atoms with Gasteiger partial charge in [-0.25, -0.2) is 0 Å². The fourth-order valence-corrected chi connectivity index (χ4v) is 2.34. The quantitative estimate of drug-likeness (QED) is 0.865. The first-order valence-electron chi connectivity index (χ1n) is 6.23. The van der Waals surface area contributed by atoms with Crippen LogP contribution in [0.5, 0.6) is 0 Å². The Morgan fingerprint density at radius 3 is 2.42 bits per heavy atom. The maximum Gasteiger partial charge on any atom is 0.104 e. The molecule has 0 heterocycles. The molecule has 0 spiro atoms. The maximum atomic E-state index is 5.68. The molecule has 0 saturated heterocycles. The molecule has 2 rings (SSSR count). The SMILES string of the molecule is Cc1cc(N(C)Cc2ccccc2)ccc1C(N)=S. The van der Waals surface area contributed by atoms with Crippen LogP contribution in [0.1, 0.15) is 16.7 Å². The van der Waals surface area contributed by atoms with Crippen LogP contribution in [0.3, 0.4) is 0 Å². The predicted octanol–water partition coefficient (Wildman–Crippen LogP) is 3.27. The van der Waals surface area contributed by atoms with Crippen molar-refractivity contribution in [3.05, 3.63) is 65.2 Å². The summed E-state index contributed by atoms with van der Waals surface area (Å²) in [6.45, 7) is 2.92. The first-order valence-corrected chi connectivity index (χ1v) is 6.64. The Labute approximate surface area is 119 Å². The summed E-state index contributed by atoms with van der Waals surface area (Å²) in [7, 11) is 2.09. The van der Waals surface area contributed by atoms with Crippen LogP contribution in [-0.2, 0) is 6.54 Å². The lowest BCUT2D eigenvalue weighted by Crippen LogP contribution is -2.17. The molecule has 98 valence electrons. The summed E-state index contributed by atoms with van der Waals surface area (Å²) in [5.41, 5.74) is 10.2. The number of hydrogen-bond donors (Lipinski definition) is 1. The Kier molecular flexibility index (Phi) is 4.17. The van der Waals surface area contributed by atoms with E-state index in [2.05, 4.69) is 48.3 Å². The van der Waals surface area contributed by atoms with Crippen molar-refractivity contribution in [2.24, 2.45) is 5.73 Å². The zero-order valence-electron chi connectivity index (χ0n) is 11.3. The minimum Gasteiger partial charge on any atom is -0.389 e. The van der Waals surface area contributed by atoms with Crippen molar-refractivity contribution < 1.29 is 0 Å². The second-order valence-electron chi connectivity index (χ2n) is 4.71. The zero-order valence-corrected chi connectivity index (χ0v) is 12.1. The molecule has 0 aliphatic heterocycles. The van der Waals surface area contributed by atoms with Crippen LogP contribution in [-0.4, -0.2) is 12.0 Å². The van der Waals surface area contributed by atoms with E-state index in [1.165, 1.54) is 11.3 Å². The molecule has 3 heteroatoms. The molecule has 2 aromatic carbocycles. The van der Waals surface area contributed by atoms with Gasteiger partial charge in [-0.3, -0.25) is 0 Å². The summed E-state index contributed by atoms with van der Waals surface area (Å²) in [5, 5.41) is 0. The first kappa shape index (κ1) is 13.6. The highest BCUT2D eigenvalue weighted by atomic mass is 32.1. The molecular weight excluding hydrogens is 252 g/mol. The Morgan fingerprint density at radius 1 is 1.16 bits per heavy atom. The number of aryl methyl sites for hydroxylation is 1. The van der Waals surface area contributed by atoms with Crippen LogP contribution in [0, 0.1) is 6.92 Å². The van der Waals surface area contributed by atoms with E-state index in [-0.39, 0.29) is 0 Å². The molecular formula is C16H18N2S. The highest BCUT2D eigenvalue weighted by Crippen LogP contribution is 2.20. The molecule has 2 nitrogen and oxygen atoms in total. The zero-order chi connectivity index (χ0) is 13.8. The Morgan fingerprint density at radius 2 is 1.84 bits per heavy atom. The Hall–Kier alpha value is -1.87. The fraction of sp³-hybridized carbons (Fsp3) is 0.188. The first-order chi connectivity index (χ1) is 9.08. The average molecular weight is 270 g/mol. The van der Waals surface area contributed by atoms with Gasteiger partial charge in [0.1, 0.15) is 4.99 Å². The molecule has 2 aromatic rings. The van der Waals surface area contributed by atoms with Crippen LogP contribution in [0.25, 0.3) is 0 Å². The van der Waals surface area contributed by atoms with Crippen molar-refractivity contribution in [3.8, 4) is 0 Å². The standard InChI is InChI=1S/C16H18N2S/c1-12-10-14(8-9-15(12)16(17)19)18(2)11-13-6-4-3-5-7-13/h3-10H,11H2,1-2H3,(H2,17,19). The second-order valence-corrected chi connectivity index (χ2v) is 5.14. The van der Waals surface area contributed by atoms with Gasteiger partial charge in [-0.05, 0) is 36.2 Å². The number of thiocarbonyl (C=S) groups is 1. The van der Waals surface area contributed by atoms with Crippen LogP contribution >= 0.6 is 12.2 Å².